The summed E-state index contributed by atoms with van der Waals surface area (Å²) in [4.78, 5) is 40.3. The van der Waals surface area contributed by atoms with Crippen molar-refractivity contribution in [3.8, 4) is 0 Å². The van der Waals surface area contributed by atoms with Crippen LogP contribution in [0.3, 0.4) is 0 Å². The van der Waals surface area contributed by atoms with Crippen molar-refractivity contribution in [3.63, 3.8) is 0 Å². The predicted molar refractivity (Wildman–Crippen MR) is 119 cm³/mol. The van der Waals surface area contributed by atoms with E-state index in [-0.39, 0.29) is 18.2 Å². The van der Waals surface area contributed by atoms with Crippen LogP contribution in [0.2, 0.25) is 0 Å². The molecule has 1 saturated heterocycles. The molecule has 0 radical (unpaired) electrons. The molecular formula is C25H28N2O5. The predicted octanol–water partition coefficient (Wildman–Crippen LogP) is 2.14. The Bertz CT molecular complexity index is 994. The van der Waals surface area contributed by atoms with Crippen LogP contribution in [0.5, 0.6) is 0 Å². The zero-order chi connectivity index (χ0) is 22.8. The summed E-state index contributed by atoms with van der Waals surface area (Å²) in [5.41, 5.74) is 3.72. The number of fused-ring (bicyclic) bond motifs is 1. The van der Waals surface area contributed by atoms with Gasteiger partial charge in [-0.1, -0.05) is 43.3 Å². The van der Waals surface area contributed by atoms with Gasteiger partial charge < -0.3 is 20.0 Å². The van der Waals surface area contributed by atoms with Gasteiger partial charge >= 0.3 is 0 Å². The number of hydrogen-bond donors (Lipinski definition) is 2. The number of ketones is 1. The van der Waals surface area contributed by atoms with E-state index in [0.717, 1.165) is 28.8 Å². The van der Waals surface area contributed by atoms with Gasteiger partial charge in [-0.25, -0.2) is 0 Å². The quantitative estimate of drug-likeness (QED) is 0.693. The van der Waals surface area contributed by atoms with Crippen molar-refractivity contribution in [3.05, 3.63) is 65.2 Å². The fraction of sp³-hybridized carbons (Fsp3) is 0.400. The Morgan fingerprint density at radius 1 is 0.969 bits per heavy atom. The minimum absolute atomic E-state index is 0.00623. The second-order valence-corrected chi connectivity index (χ2v) is 8.66. The Labute approximate surface area is 187 Å². The van der Waals surface area contributed by atoms with Gasteiger partial charge in [0.15, 0.2) is 11.9 Å². The number of carbonyl (C=O) groups is 3. The molecule has 0 spiro atoms. The number of aliphatic hydroxyl groups excluding tert-OH is 2. The van der Waals surface area contributed by atoms with E-state index in [2.05, 4.69) is 0 Å². The summed E-state index contributed by atoms with van der Waals surface area (Å²) in [6, 6.07) is 15.1. The number of Topliss-reactive ketones (excluding diaryl/α,β-unsaturated/α-hetero) is 1. The maximum Gasteiger partial charge on any atom is 0.255 e. The van der Waals surface area contributed by atoms with E-state index in [1.807, 2.05) is 55.5 Å². The van der Waals surface area contributed by atoms with Gasteiger partial charge in [0.1, 0.15) is 6.10 Å². The second kappa shape index (κ2) is 9.22. The first kappa shape index (κ1) is 22.2. The molecule has 2 N–H and O–H groups in total. The summed E-state index contributed by atoms with van der Waals surface area (Å²) < 4.78 is 0. The van der Waals surface area contributed by atoms with E-state index in [1.54, 1.807) is 4.90 Å². The van der Waals surface area contributed by atoms with Crippen LogP contribution in [0.4, 0.5) is 5.69 Å². The van der Waals surface area contributed by atoms with E-state index in [4.69, 9.17) is 0 Å². The van der Waals surface area contributed by atoms with Gasteiger partial charge in [-0.05, 0) is 41.2 Å². The van der Waals surface area contributed by atoms with Crippen molar-refractivity contribution in [1.29, 1.82) is 0 Å². The van der Waals surface area contributed by atoms with Crippen LogP contribution in [0, 0.1) is 0 Å². The molecule has 2 aromatic carbocycles. The molecule has 2 heterocycles. The van der Waals surface area contributed by atoms with Crippen LogP contribution in [-0.4, -0.2) is 51.5 Å². The maximum absolute atomic E-state index is 12.6. The lowest BCUT2D eigenvalue weighted by Gasteiger charge is -2.23. The molecule has 7 heteroatoms. The van der Waals surface area contributed by atoms with Gasteiger partial charge in [-0.2, -0.15) is 0 Å². The van der Waals surface area contributed by atoms with E-state index in [9.17, 15) is 24.6 Å². The Morgan fingerprint density at radius 2 is 1.59 bits per heavy atom. The van der Waals surface area contributed by atoms with Crippen LogP contribution in [0.15, 0.2) is 48.5 Å². The first-order valence-electron chi connectivity index (χ1n) is 11.0. The molecule has 2 amide bonds. The van der Waals surface area contributed by atoms with Crippen LogP contribution in [0.25, 0.3) is 0 Å². The molecule has 0 bridgehead atoms. The molecule has 2 aliphatic heterocycles. The summed E-state index contributed by atoms with van der Waals surface area (Å²) >= 11 is 0. The number of hydrogen-bond acceptors (Lipinski definition) is 5. The highest BCUT2D eigenvalue weighted by Gasteiger charge is 2.35. The molecule has 3 atom stereocenters. The van der Waals surface area contributed by atoms with Gasteiger partial charge in [-0.15, -0.1) is 0 Å². The zero-order valence-corrected chi connectivity index (χ0v) is 18.1. The summed E-state index contributed by atoms with van der Waals surface area (Å²) in [7, 11) is 0. The molecule has 0 saturated carbocycles. The SMILES string of the molecule is C[C@H](CC(=O)[C@H](O)[C@@H](O)C(=O)N1Cc2ccccc2C1)c1ccc(N2CCCC2=O)cc1. The normalized spacial score (nSPS) is 18.4. The molecule has 7 nitrogen and oxygen atoms in total. The van der Waals surface area contributed by atoms with Crippen LogP contribution >= 0.6 is 0 Å². The molecule has 32 heavy (non-hydrogen) atoms. The monoisotopic (exact) mass is 436 g/mol. The lowest BCUT2D eigenvalue weighted by Crippen LogP contribution is -2.46. The fourth-order valence-electron chi connectivity index (χ4n) is 4.43. The van der Waals surface area contributed by atoms with Crippen molar-refractivity contribution in [1.82, 2.24) is 4.90 Å². The number of rotatable bonds is 7. The molecule has 168 valence electrons. The van der Waals surface area contributed by atoms with E-state index < -0.39 is 23.9 Å². The van der Waals surface area contributed by atoms with Crippen LogP contribution in [0.1, 0.15) is 48.8 Å². The molecule has 1 fully saturated rings. The maximum atomic E-state index is 12.6. The third-order valence-electron chi connectivity index (χ3n) is 6.39. The molecule has 0 unspecified atom stereocenters. The standard InChI is InChI=1S/C25H28N2O5/c1-16(17-8-10-20(11-9-17)27-12-4-7-22(27)29)13-21(28)23(30)24(31)25(32)26-14-18-5-2-3-6-19(18)15-26/h2-3,5-6,8-11,16,23-24,30-31H,4,7,12-15H2,1H3/t16-,23+,24-/m1/s1. The van der Waals surface area contributed by atoms with Crippen LogP contribution in [-0.2, 0) is 27.5 Å². The summed E-state index contributed by atoms with van der Waals surface area (Å²) in [6.45, 7) is 3.28. The first-order valence-corrected chi connectivity index (χ1v) is 11.0. The van der Waals surface area contributed by atoms with E-state index in [0.29, 0.717) is 26.1 Å². The second-order valence-electron chi connectivity index (χ2n) is 8.66. The third-order valence-corrected chi connectivity index (χ3v) is 6.39. The topological polar surface area (TPSA) is 98.1 Å². The minimum Gasteiger partial charge on any atom is -0.382 e. The molecule has 2 aliphatic rings. The molecule has 0 aliphatic carbocycles. The van der Waals surface area contributed by atoms with Gasteiger partial charge in [0.25, 0.3) is 5.91 Å². The van der Waals surface area contributed by atoms with Gasteiger partial charge in [0, 0.05) is 38.2 Å². The average Bonchev–Trinajstić information content (AvgIpc) is 3.43. The fourth-order valence-corrected chi connectivity index (χ4v) is 4.43. The molecule has 0 aromatic heterocycles. The zero-order valence-electron chi connectivity index (χ0n) is 18.1. The van der Waals surface area contributed by atoms with Crippen molar-refractivity contribution in [2.24, 2.45) is 0 Å². The smallest absolute Gasteiger partial charge is 0.255 e. The Balaban J connectivity index is 1.33. The number of nitrogens with zero attached hydrogens (tertiary/aromatic N) is 2. The van der Waals surface area contributed by atoms with Gasteiger partial charge in [0.2, 0.25) is 5.91 Å². The summed E-state index contributed by atoms with van der Waals surface area (Å²) in [5.74, 6) is -1.31. The van der Waals surface area contributed by atoms with Crippen molar-refractivity contribution in [2.45, 2.75) is 57.4 Å². The minimum atomic E-state index is -1.78. The van der Waals surface area contributed by atoms with Gasteiger partial charge in [-0.3, -0.25) is 14.4 Å². The molecule has 4 rings (SSSR count). The number of amides is 2. The Hall–Kier alpha value is -3.03. The summed E-state index contributed by atoms with van der Waals surface area (Å²) in [6.07, 6.45) is -2.14. The highest BCUT2D eigenvalue weighted by atomic mass is 16.3. The molecular weight excluding hydrogens is 408 g/mol. The molecule has 2 aromatic rings. The summed E-state index contributed by atoms with van der Waals surface area (Å²) in [5, 5.41) is 20.7. The highest BCUT2D eigenvalue weighted by molar-refractivity contribution is 5.95. The Morgan fingerprint density at radius 3 is 2.16 bits per heavy atom. The largest absolute Gasteiger partial charge is 0.382 e. The lowest BCUT2D eigenvalue weighted by molar-refractivity contribution is -0.152. The van der Waals surface area contributed by atoms with Crippen molar-refractivity contribution < 1.29 is 24.6 Å². The van der Waals surface area contributed by atoms with Crippen LogP contribution < -0.4 is 4.90 Å². The van der Waals surface area contributed by atoms with Gasteiger partial charge in [0.05, 0.1) is 0 Å². The lowest BCUT2D eigenvalue weighted by atomic mass is 9.92. The number of aliphatic hydroxyl groups is 2. The Kier molecular flexibility index (Phi) is 6.39. The van der Waals surface area contributed by atoms with E-state index >= 15 is 0 Å². The highest BCUT2D eigenvalue weighted by Crippen LogP contribution is 2.27. The van der Waals surface area contributed by atoms with Crippen molar-refractivity contribution in [2.75, 3.05) is 11.4 Å². The number of benzene rings is 2. The van der Waals surface area contributed by atoms with E-state index in [1.165, 1.54) is 4.90 Å². The first-order chi connectivity index (χ1) is 15.3. The van der Waals surface area contributed by atoms with Crippen molar-refractivity contribution >= 4 is 23.3 Å². The number of anilines is 1. The number of carbonyl (C=O) groups excluding carboxylic acids is 3. The third kappa shape index (κ3) is 4.45. The average molecular weight is 437 g/mol.